The van der Waals surface area contributed by atoms with Gasteiger partial charge in [-0.3, -0.25) is 0 Å². The number of nitrogens with one attached hydrogen (secondary N) is 1. The Morgan fingerprint density at radius 1 is 1.37 bits per heavy atom. The highest BCUT2D eigenvalue weighted by atomic mass is 79.9. The lowest BCUT2D eigenvalue weighted by molar-refractivity contribution is 0.161. The lowest BCUT2D eigenvalue weighted by atomic mass is 10.1. The second kappa shape index (κ2) is 7.12. The molecule has 0 aromatic heterocycles. The Morgan fingerprint density at radius 3 is 2.79 bits per heavy atom. The van der Waals surface area contributed by atoms with E-state index in [0.29, 0.717) is 12.8 Å². The summed E-state index contributed by atoms with van der Waals surface area (Å²) < 4.78 is 17.0. The molecule has 0 radical (unpaired) electrons. The maximum Gasteiger partial charge on any atom is 0.231 e. The van der Waals surface area contributed by atoms with Gasteiger partial charge in [0.25, 0.3) is 0 Å². The van der Waals surface area contributed by atoms with Crippen molar-refractivity contribution in [3.63, 3.8) is 0 Å². The second-order valence-corrected chi connectivity index (χ2v) is 5.47. The first kappa shape index (κ1) is 14.6. The SMILES string of the molecule is CCCC(COC)NCc1cc2c(cc1Br)OCO2. The summed E-state index contributed by atoms with van der Waals surface area (Å²) in [4.78, 5) is 0. The first-order valence-corrected chi connectivity index (χ1v) is 7.34. The van der Waals surface area contributed by atoms with Gasteiger partial charge in [0.2, 0.25) is 6.79 Å². The quantitative estimate of drug-likeness (QED) is 0.834. The number of ether oxygens (including phenoxy) is 3. The zero-order chi connectivity index (χ0) is 13.7. The Bertz CT molecular complexity index is 419. The first-order valence-electron chi connectivity index (χ1n) is 6.55. The van der Waals surface area contributed by atoms with Gasteiger partial charge in [0.05, 0.1) is 6.61 Å². The number of rotatable bonds is 7. The molecule has 0 fully saturated rings. The summed E-state index contributed by atoms with van der Waals surface area (Å²) in [5, 5.41) is 3.52. The summed E-state index contributed by atoms with van der Waals surface area (Å²) in [5.74, 6) is 1.62. The highest BCUT2D eigenvalue weighted by Crippen LogP contribution is 2.36. The molecule has 106 valence electrons. The van der Waals surface area contributed by atoms with Crippen LogP contribution in [0.1, 0.15) is 25.3 Å². The average Bonchev–Trinajstić information content (AvgIpc) is 2.83. The summed E-state index contributed by atoms with van der Waals surface area (Å²) in [6.45, 7) is 4.00. The van der Waals surface area contributed by atoms with Crippen molar-refractivity contribution >= 4 is 15.9 Å². The maximum absolute atomic E-state index is 5.40. The van der Waals surface area contributed by atoms with E-state index in [1.165, 1.54) is 5.56 Å². The van der Waals surface area contributed by atoms with Crippen LogP contribution in [0.15, 0.2) is 16.6 Å². The van der Waals surface area contributed by atoms with E-state index in [-0.39, 0.29) is 0 Å². The number of benzene rings is 1. The molecule has 0 spiro atoms. The molecule has 0 amide bonds. The van der Waals surface area contributed by atoms with Crippen LogP contribution in [0.5, 0.6) is 11.5 Å². The lowest BCUT2D eigenvalue weighted by Crippen LogP contribution is -2.32. The molecule has 0 aliphatic carbocycles. The van der Waals surface area contributed by atoms with Crippen LogP contribution in [0, 0.1) is 0 Å². The highest BCUT2D eigenvalue weighted by Gasteiger charge is 2.16. The molecule has 1 atom stereocenters. The molecule has 1 N–H and O–H groups in total. The monoisotopic (exact) mass is 329 g/mol. The smallest absolute Gasteiger partial charge is 0.231 e. The van der Waals surface area contributed by atoms with E-state index >= 15 is 0 Å². The molecule has 0 bridgehead atoms. The molecule has 2 rings (SSSR count). The van der Waals surface area contributed by atoms with Crippen molar-refractivity contribution in [2.45, 2.75) is 32.4 Å². The Kier molecular flexibility index (Phi) is 5.48. The van der Waals surface area contributed by atoms with Crippen molar-refractivity contribution in [3.8, 4) is 11.5 Å². The van der Waals surface area contributed by atoms with Crippen molar-refractivity contribution in [2.75, 3.05) is 20.5 Å². The lowest BCUT2D eigenvalue weighted by Gasteiger charge is -2.17. The van der Waals surface area contributed by atoms with Crippen molar-refractivity contribution in [1.82, 2.24) is 5.32 Å². The van der Waals surface area contributed by atoms with Crippen LogP contribution in [0.25, 0.3) is 0 Å². The zero-order valence-electron chi connectivity index (χ0n) is 11.4. The van der Waals surface area contributed by atoms with E-state index < -0.39 is 0 Å². The minimum absolute atomic E-state index is 0.306. The predicted molar refractivity (Wildman–Crippen MR) is 77.7 cm³/mol. The maximum atomic E-state index is 5.40. The largest absolute Gasteiger partial charge is 0.454 e. The van der Waals surface area contributed by atoms with Gasteiger partial charge in [-0.25, -0.2) is 0 Å². The summed E-state index contributed by atoms with van der Waals surface area (Å²) in [5.41, 5.74) is 1.17. The molecule has 0 saturated carbocycles. The van der Waals surface area contributed by atoms with Gasteiger partial charge in [0.15, 0.2) is 11.5 Å². The standard InChI is InChI=1S/C14H20BrNO3/c1-3-4-11(8-17-2)16-7-10-5-13-14(6-12(10)15)19-9-18-13/h5-6,11,16H,3-4,7-9H2,1-2H3. The normalized spacial score (nSPS) is 14.7. The summed E-state index contributed by atoms with van der Waals surface area (Å²) in [6.07, 6.45) is 2.25. The molecule has 1 unspecified atom stereocenters. The van der Waals surface area contributed by atoms with Crippen LogP contribution in [-0.4, -0.2) is 26.6 Å². The van der Waals surface area contributed by atoms with Gasteiger partial charge in [-0.1, -0.05) is 29.3 Å². The molecule has 1 aromatic rings. The molecule has 1 heterocycles. The van der Waals surface area contributed by atoms with Crippen LogP contribution >= 0.6 is 15.9 Å². The van der Waals surface area contributed by atoms with Gasteiger partial charge in [-0.2, -0.15) is 0 Å². The number of fused-ring (bicyclic) bond motifs is 1. The van der Waals surface area contributed by atoms with Gasteiger partial charge in [-0.15, -0.1) is 0 Å². The Hall–Kier alpha value is -0.780. The minimum Gasteiger partial charge on any atom is -0.454 e. The molecule has 5 heteroatoms. The van der Waals surface area contributed by atoms with Crippen molar-refractivity contribution in [3.05, 3.63) is 22.2 Å². The third kappa shape index (κ3) is 3.84. The van der Waals surface area contributed by atoms with E-state index in [2.05, 4.69) is 28.2 Å². The van der Waals surface area contributed by atoms with Gasteiger partial charge >= 0.3 is 0 Å². The van der Waals surface area contributed by atoms with Gasteiger partial charge in [0, 0.05) is 24.2 Å². The molecular weight excluding hydrogens is 310 g/mol. The van der Waals surface area contributed by atoms with E-state index in [1.54, 1.807) is 7.11 Å². The molecule has 1 aromatic carbocycles. The van der Waals surface area contributed by atoms with Gasteiger partial charge in [-0.05, 0) is 24.1 Å². The fourth-order valence-electron chi connectivity index (χ4n) is 2.14. The molecule has 1 aliphatic heterocycles. The number of halogens is 1. The summed E-state index contributed by atoms with van der Waals surface area (Å²) >= 11 is 3.57. The van der Waals surface area contributed by atoms with Crippen molar-refractivity contribution < 1.29 is 14.2 Å². The molecular formula is C14H20BrNO3. The summed E-state index contributed by atoms with van der Waals surface area (Å²) in [7, 11) is 1.74. The number of hydrogen-bond acceptors (Lipinski definition) is 4. The molecule has 19 heavy (non-hydrogen) atoms. The Labute approximate surface area is 122 Å². The topological polar surface area (TPSA) is 39.7 Å². The fraction of sp³-hybridized carbons (Fsp3) is 0.571. The van der Waals surface area contributed by atoms with Crippen LogP contribution in [0.4, 0.5) is 0 Å². The van der Waals surface area contributed by atoms with Crippen LogP contribution in [0.2, 0.25) is 0 Å². The average molecular weight is 330 g/mol. The van der Waals surface area contributed by atoms with Gasteiger partial charge in [0.1, 0.15) is 0 Å². The predicted octanol–water partition coefficient (Wildman–Crippen LogP) is 3.08. The Morgan fingerprint density at radius 2 is 2.11 bits per heavy atom. The zero-order valence-corrected chi connectivity index (χ0v) is 13.0. The van der Waals surface area contributed by atoms with E-state index in [0.717, 1.165) is 42.0 Å². The molecule has 1 aliphatic rings. The van der Waals surface area contributed by atoms with E-state index in [4.69, 9.17) is 14.2 Å². The first-order chi connectivity index (χ1) is 9.24. The van der Waals surface area contributed by atoms with E-state index in [9.17, 15) is 0 Å². The van der Waals surface area contributed by atoms with Crippen LogP contribution < -0.4 is 14.8 Å². The number of hydrogen-bond donors (Lipinski definition) is 1. The van der Waals surface area contributed by atoms with Gasteiger partial charge < -0.3 is 19.5 Å². The van der Waals surface area contributed by atoms with Crippen LogP contribution in [-0.2, 0) is 11.3 Å². The Balaban J connectivity index is 1.98. The summed E-state index contributed by atoms with van der Waals surface area (Å²) in [6, 6.07) is 4.37. The molecule has 0 saturated heterocycles. The minimum atomic E-state index is 0.306. The van der Waals surface area contributed by atoms with Crippen molar-refractivity contribution in [2.24, 2.45) is 0 Å². The third-order valence-corrected chi connectivity index (χ3v) is 3.87. The van der Waals surface area contributed by atoms with E-state index in [1.807, 2.05) is 12.1 Å². The van der Waals surface area contributed by atoms with Crippen molar-refractivity contribution in [1.29, 1.82) is 0 Å². The second-order valence-electron chi connectivity index (χ2n) is 4.62. The van der Waals surface area contributed by atoms with Crippen LogP contribution in [0.3, 0.4) is 0 Å². The third-order valence-electron chi connectivity index (χ3n) is 3.13. The number of methoxy groups -OCH3 is 1. The fourth-order valence-corrected chi connectivity index (χ4v) is 2.61. The molecule has 4 nitrogen and oxygen atoms in total. The highest BCUT2D eigenvalue weighted by molar-refractivity contribution is 9.10.